The molecule has 98 valence electrons. The monoisotopic (exact) mass is 311 g/mol. The van der Waals surface area contributed by atoms with Gasteiger partial charge < -0.3 is 9.64 Å². The highest BCUT2D eigenvalue weighted by molar-refractivity contribution is 9.10. The SMILES string of the molecule is CC(=O)c1ccc(N2CC(C)OCC2C)cc1Br. The maximum absolute atomic E-state index is 11.4. The van der Waals surface area contributed by atoms with Gasteiger partial charge in [0.05, 0.1) is 12.7 Å². The Morgan fingerprint density at radius 1 is 1.44 bits per heavy atom. The Morgan fingerprint density at radius 2 is 2.17 bits per heavy atom. The van der Waals surface area contributed by atoms with E-state index in [0.29, 0.717) is 6.04 Å². The smallest absolute Gasteiger partial charge is 0.160 e. The molecule has 1 saturated heterocycles. The van der Waals surface area contributed by atoms with Crippen molar-refractivity contribution in [3.8, 4) is 0 Å². The molecule has 0 N–H and O–H groups in total. The van der Waals surface area contributed by atoms with Gasteiger partial charge in [0.2, 0.25) is 0 Å². The summed E-state index contributed by atoms with van der Waals surface area (Å²) < 4.78 is 6.49. The van der Waals surface area contributed by atoms with Crippen molar-refractivity contribution in [1.82, 2.24) is 0 Å². The largest absolute Gasteiger partial charge is 0.375 e. The second-order valence-electron chi connectivity index (χ2n) is 4.87. The van der Waals surface area contributed by atoms with Crippen molar-refractivity contribution in [3.63, 3.8) is 0 Å². The highest BCUT2D eigenvalue weighted by atomic mass is 79.9. The second-order valence-corrected chi connectivity index (χ2v) is 5.72. The second kappa shape index (κ2) is 5.41. The summed E-state index contributed by atoms with van der Waals surface area (Å²) in [5.41, 5.74) is 1.86. The maximum atomic E-state index is 11.4. The van der Waals surface area contributed by atoms with Gasteiger partial charge in [-0.25, -0.2) is 0 Å². The number of ketones is 1. The molecule has 0 bridgehead atoms. The van der Waals surface area contributed by atoms with Crippen molar-refractivity contribution in [2.45, 2.75) is 32.9 Å². The van der Waals surface area contributed by atoms with Gasteiger partial charge in [0.15, 0.2) is 5.78 Å². The van der Waals surface area contributed by atoms with E-state index in [9.17, 15) is 4.79 Å². The zero-order chi connectivity index (χ0) is 13.3. The van der Waals surface area contributed by atoms with Gasteiger partial charge >= 0.3 is 0 Å². The average molecular weight is 312 g/mol. The number of carbonyl (C=O) groups excluding carboxylic acids is 1. The lowest BCUT2D eigenvalue weighted by Crippen LogP contribution is -2.47. The molecule has 1 aromatic carbocycles. The lowest BCUT2D eigenvalue weighted by atomic mass is 10.1. The van der Waals surface area contributed by atoms with E-state index >= 15 is 0 Å². The molecule has 1 aromatic rings. The van der Waals surface area contributed by atoms with E-state index in [1.807, 2.05) is 18.2 Å². The van der Waals surface area contributed by atoms with Crippen molar-refractivity contribution in [2.24, 2.45) is 0 Å². The van der Waals surface area contributed by atoms with Crippen LogP contribution in [0.2, 0.25) is 0 Å². The Bertz CT molecular complexity index is 461. The molecule has 2 rings (SSSR count). The van der Waals surface area contributed by atoms with Gasteiger partial charge in [0, 0.05) is 28.3 Å². The lowest BCUT2D eigenvalue weighted by Gasteiger charge is -2.38. The zero-order valence-corrected chi connectivity index (χ0v) is 12.5. The van der Waals surface area contributed by atoms with Crippen LogP contribution in [0.15, 0.2) is 22.7 Å². The lowest BCUT2D eigenvalue weighted by molar-refractivity contribution is 0.0344. The summed E-state index contributed by atoms with van der Waals surface area (Å²) in [5.74, 6) is 0.0804. The van der Waals surface area contributed by atoms with Gasteiger partial charge in [-0.15, -0.1) is 0 Å². The van der Waals surface area contributed by atoms with Crippen LogP contribution in [0.25, 0.3) is 0 Å². The summed E-state index contributed by atoms with van der Waals surface area (Å²) in [5, 5.41) is 0. The zero-order valence-electron chi connectivity index (χ0n) is 10.9. The van der Waals surface area contributed by atoms with Crippen LogP contribution >= 0.6 is 15.9 Å². The fraction of sp³-hybridized carbons (Fsp3) is 0.500. The summed E-state index contributed by atoms with van der Waals surface area (Å²) >= 11 is 3.47. The fourth-order valence-electron chi connectivity index (χ4n) is 2.23. The van der Waals surface area contributed by atoms with Crippen LogP contribution in [0.3, 0.4) is 0 Å². The van der Waals surface area contributed by atoms with E-state index in [-0.39, 0.29) is 11.9 Å². The molecule has 0 saturated carbocycles. The first-order valence-electron chi connectivity index (χ1n) is 6.17. The van der Waals surface area contributed by atoms with Crippen molar-refractivity contribution in [3.05, 3.63) is 28.2 Å². The predicted molar refractivity (Wildman–Crippen MR) is 76.4 cm³/mol. The molecule has 1 aliphatic rings. The van der Waals surface area contributed by atoms with Crippen LogP contribution in [0.1, 0.15) is 31.1 Å². The number of hydrogen-bond acceptors (Lipinski definition) is 3. The normalized spacial score (nSPS) is 24.1. The average Bonchev–Trinajstić information content (AvgIpc) is 2.31. The maximum Gasteiger partial charge on any atom is 0.160 e. The van der Waals surface area contributed by atoms with E-state index in [1.54, 1.807) is 6.92 Å². The van der Waals surface area contributed by atoms with Crippen LogP contribution in [-0.2, 0) is 4.74 Å². The number of anilines is 1. The molecule has 1 aliphatic heterocycles. The molecule has 0 amide bonds. The molecule has 2 atom stereocenters. The molecule has 0 spiro atoms. The summed E-state index contributed by atoms with van der Waals surface area (Å²) in [6.45, 7) is 7.44. The first kappa shape index (κ1) is 13.6. The summed E-state index contributed by atoms with van der Waals surface area (Å²) in [6, 6.07) is 6.27. The van der Waals surface area contributed by atoms with Gasteiger partial charge in [0.25, 0.3) is 0 Å². The number of rotatable bonds is 2. The van der Waals surface area contributed by atoms with Gasteiger partial charge in [-0.1, -0.05) is 0 Å². The first-order valence-corrected chi connectivity index (χ1v) is 6.97. The van der Waals surface area contributed by atoms with E-state index in [2.05, 4.69) is 34.7 Å². The van der Waals surface area contributed by atoms with E-state index in [0.717, 1.165) is 28.9 Å². The van der Waals surface area contributed by atoms with E-state index in [1.165, 1.54) is 0 Å². The molecule has 0 radical (unpaired) electrons. The molecule has 4 heteroatoms. The Morgan fingerprint density at radius 3 is 2.78 bits per heavy atom. The van der Waals surface area contributed by atoms with Gasteiger partial charge in [0.1, 0.15) is 0 Å². The third-order valence-electron chi connectivity index (χ3n) is 3.27. The Balaban J connectivity index is 2.28. The predicted octanol–water partition coefficient (Wildman–Crippen LogP) is 3.27. The van der Waals surface area contributed by atoms with Crippen LogP contribution in [0, 0.1) is 0 Å². The number of hydrogen-bond donors (Lipinski definition) is 0. The van der Waals surface area contributed by atoms with Crippen molar-refractivity contribution in [1.29, 1.82) is 0 Å². The highest BCUT2D eigenvalue weighted by Crippen LogP contribution is 2.27. The standard InChI is InChI=1S/C14H18BrNO2/c1-9-8-18-10(2)7-16(9)12-4-5-13(11(3)17)14(15)6-12/h4-6,9-10H,7-8H2,1-3H3. The number of ether oxygens (including phenoxy) is 1. The van der Waals surface area contributed by atoms with Crippen molar-refractivity contribution in [2.75, 3.05) is 18.1 Å². The van der Waals surface area contributed by atoms with Gasteiger partial charge in [-0.3, -0.25) is 4.79 Å². The van der Waals surface area contributed by atoms with E-state index < -0.39 is 0 Å². The quantitative estimate of drug-likeness (QED) is 0.785. The third kappa shape index (κ3) is 2.75. The number of morpholine rings is 1. The molecular weight excluding hydrogens is 294 g/mol. The Labute approximate surface area is 116 Å². The summed E-state index contributed by atoms with van der Waals surface area (Å²) in [4.78, 5) is 13.7. The Kier molecular flexibility index (Phi) is 4.07. The molecule has 1 fully saturated rings. The van der Waals surface area contributed by atoms with Crippen molar-refractivity contribution < 1.29 is 9.53 Å². The topological polar surface area (TPSA) is 29.5 Å². The highest BCUT2D eigenvalue weighted by Gasteiger charge is 2.24. The van der Waals surface area contributed by atoms with Crippen LogP contribution < -0.4 is 4.90 Å². The fourth-order valence-corrected chi connectivity index (χ4v) is 2.88. The summed E-state index contributed by atoms with van der Waals surface area (Å²) in [6.07, 6.45) is 0.243. The van der Waals surface area contributed by atoms with E-state index in [4.69, 9.17) is 4.74 Å². The molecule has 18 heavy (non-hydrogen) atoms. The minimum atomic E-state index is 0.0804. The molecule has 0 aromatic heterocycles. The van der Waals surface area contributed by atoms with Crippen LogP contribution in [0.5, 0.6) is 0 Å². The van der Waals surface area contributed by atoms with Crippen molar-refractivity contribution >= 4 is 27.4 Å². The number of nitrogens with zero attached hydrogens (tertiary/aromatic N) is 1. The summed E-state index contributed by atoms with van der Waals surface area (Å²) in [7, 11) is 0. The molecule has 3 nitrogen and oxygen atoms in total. The number of Topliss-reactive ketones (excluding diaryl/α,β-unsaturated/α-hetero) is 1. The Hall–Kier alpha value is -0.870. The van der Waals surface area contributed by atoms with Gasteiger partial charge in [-0.2, -0.15) is 0 Å². The number of benzene rings is 1. The first-order chi connectivity index (χ1) is 8.49. The van der Waals surface area contributed by atoms with Crippen LogP contribution in [-0.4, -0.2) is 31.1 Å². The third-order valence-corrected chi connectivity index (χ3v) is 3.93. The minimum Gasteiger partial charge on any atom is -0.375 e. The molecule has 1 heterocycles. The minimum absolute atomic E-state index is 0.0804. The van der Waals surface area contributed by atoms with Crippen LogP contribution in [0.4, 0.5) is 5.69 Å². The molecule has 0 aliphatic carbocycles. The molecule has 2 unspecified atom stereocenters. The number of carbonyl (C=O) groups is 1. The van der Waals surface area contributed by atoms with Gasteiger partial charge in [-0.05, 0) is 54.9 Å². The number of halogens is 1. The molecular formula is C14H18BrNO2.